The number of rotatable bonds is 3. The molecule has 23 heavy (non-hydrogen) atoms. The minimum absolute atomic E-state index is 0.00361. The predicted molar refractivity (Wildman–Crippen MR) is 95.7 cm³/mol. The molecule has 0 saturated carbocycles. The quantitative estimate of drug-likeness (QED) is 0.789. The maximum atomic E-state index is 11.5. The van der Waals surface area contributed by atoms with Crippen molar-refractivity contribution in [3.63, 3.8) is 0 Å². The smallest absolute Gasteiger partial charge is 0.223 e. The monoisotopic (exact) mass is 326 g/mol. The van der Waals surface area contributed by atoms with Gasteiger partial charge in [-0.25, -0.2) is 9.97 Å². The molecule has 118 valence electrons. The Morgan fingerprint density at radius 3 is 2.78 bits per heavy atom. The van der Waals surface area contributed by atoms with Gasteiger partial charge in [-0.1, -0.05) is 6.07 Å². The summed E-state index contributed by atoms with van der Waals surface area (Å²) in [6, 6.07) is 7.72. The number of hydrogen-bond donors (Lipinski definition) is 1. The number of aryl methyl sites for hydroxylation is 2. The zero-order valence-corrected chi connectivity index (χ0v) is 14.4. The lowest BCUT2D eigenvalue weighted by molar-refractivity contribution is -0.116. The van der Waals surface area contributed by atoms with Crippen LogP contribution in [0.3, 0.4) is 0 Å². The largest absolute Gasteiger partial charge is 0.340 e. The first kappa shape index (κ1) is 15.4. The number of thiophene rings is 1. The van der Waals surface area contributed by atoms with Crippen molar-refractivity contribution in [2.75, 3.05) is 17.3 Å². The van der Waals surface area contributed by atoms with Crippen LogP contribution in [-0.4, -0.2) is 22.9 Å². The summed E-state index contributed by atoms with van der Waals surface area (Å²) >= 11 is 1.62. The molecule has 0 aliphatic carbocycles. The lowest BCUT2D eigenvalue weighted by atomic mass is 10.2. The molecule has 3 aromatic rings. The average molecular weight is 326 g/mol. The third kappa shape index (κ3) is 3.03. The number of nitrogens with one attached hydrogen (secondary N) is 1. The summed E-state index contributed by atoms with van der Waals surface area (Å²) in [4.78, 5) is 23.1. The third-order valence-electron chi connectivity index (χ3n) is 3.70. The van der Waals surface area contributed by atoms with Crippen LogP contribution in [0.2, 0.25) is 0 Å². The maximum Gasteiger partial charge on any atom is 0.223 e. The van der Waals surface area contributed by atoms with Crippen molar-refractivity contribution in [3.8, 4) is 0 Å². The SMILES string of the molecule is CC(=O)N(C)c1cccc(Nc2nc(C)nc3scc(C)c23)c1. The highest BCUT2D eigenvalue weighted by atomic mass is 32.1. The van der Waals surface area contributed by atoms with E-state index in [1.807, 2.05) is 31.2 Å². The first-order chi connectivity index (χ1) is 11.0. The summed E-state index contributed by atoms with van der Waals surface area (Å²) in [6.07, 6.45) is 0. The molecule has 1 aromatic carbocycles. The van der Waals surface area contributed by atoms with Gasteiger partial charge >= 0.3 is 0 Å². The topological polar surface area (TPSA) is 58.1 Å². The number of carbonyl (C=O) groups is 1. The standard InChI is InChI=1S/C17H18N4OS/c1-10-9-23-17-15(10)16(18-11(2)19-17)20-13-6-5-7-14(8-13)21(4)12(3)22/h5-9H,1-4H3,(H,18,19,20). The third-order valence-corrected chi connectivity index (χ3v) is 4.69. The van der Waals surface area contributed by atoms with E-state index in [0.717, 1.165) is 38.8 Å². The number of amides is 1. The molecule has 0 aliphatic rings. The molecule has 0 atom stereocenters. The second-order valence-corrected chi connectivity index (χ2v) is 6.33. The van der Waals surface area contributed by atoms with Crippen LogP contribution in [-0.2, 0) is 4.79 Å². The Morgan fingerprint density at radius 2 is 2.04 bits per heavy atom. The Hall–Kier alpha value is -2.47. The zero-order chi connectivity index (χ0) is 16.6. The Bertz CT molecular complexity index is 887. The number of fused-ring (bicyclic) bond motifs is 1. The molecule has 0 bridgehead atoms. The van der Waals surface area contributed by atoms with Gasteiger partial charge in [0, 0.05) is 25.3 Å². The molecule has 0 aliphatic heterocycles. The fraction of sp³-hybridized carbons (Fsp3) is 0.235. The molecule has 0 radical (unpaired) electrons. The molecule has 0 fully saturated rings. The lowest BCUT2D eigenvalue weighted by Gasteiger charge is -2.16. The fourth-order valence-corrected chi connectivity index (χ4v) is 3.36. The van der Waals surface area contributed by atoms with Crippen molar-refractivity contribution in [2.24, 2.45) is 0 Å². The van der Waals surface area contributed by atoms with Crippen LogP contribution < -0.4 is 10.2 Å². The van der Waals surface area contributed by atoms with Crippen LogP contribution in [0.1, 0.15) is 18.3 Å². The summed E-state index contributed by atoms with van der Waals surface area (Å²) in [5, 5.41) is 6.50. The Balaban J connectivity index is 2.01. The summed E-state index contributed by atoms with van der Waals surface area (Å²) < 4.78 is 0. The van der Waals surface area contributed by atoms with Crippen LogP contribution >= 0.6 is 11.3 Å². The van der Waals surface area contributed by atoms with Crippen LogP contribution in [0.25, 0.3) is 10.2 Å². The van der Waals surface area contributed by atoms with Crippen LogP contribution in [0, 0.1) is 13.8 Å². The van der Waals surface area contributed by atoms with Gasteiger partial charge < -0.3 is 10.2 Å². The highest BCUT2D eigenvalue weighted by Gasteiger charge is 2.12. The molecule has 0 unspecified atom stereocenters. The molecule has 2 heterocycles. The van der Waals surface area contributed by atoms with Gasteiger partial charge in [0.25, 0.3) is 0 Å². The minimum atomic E-state index is -0.00361. The minimum Gasteiger partial charge on any atom is -0.340 e. The van der Waals surface area contributed by atoms with Crippen molar-refractivity contribution < 1.29 is 4.79 Å². The van der Waals surface area contributed by atoms with E-state index in [-0.39, 0.29) is 5.91 Å². The van der Waals surface area contributed by atoms with Crippen LogP contribution in [0.5, 0.6) is 0 Å². The highest BCUT2D eigenvalue weighted by molar-refractivity contribution is 7.17. The molecule has 2 aromatic heterocycles. The van der Waals surface area contributed by atoms with Crippen molar-refractivity contribution in [3.05, 3.63) is 41.0 Å². The number of aromatic nitrogens is 2. The van der Waals surface area contributed by atoms with E-state index in [9.17, 15) is 4.79 Å². The molecule has 5 nitrogen and oxygen atoms in total. The molecule has 1 N–H and O–H groups in total. The Labute approximate surface area is 139 Å². The first-order valence-electron chi connectivity index (χ1n) is 7.29. The molecular weight excluding hydrogens is 308 g/mol. The van der Waals surface area contributed by atoms with E-state index in [0.29, 0.717) is 0 Å². The number of anilines is 3. The predicted octanol–water partition coefficient (Wildman–Crippen LogP) is 4.03. The van der Waals surface area contributed by atoms with Gasteiger partial charge in [-0.05, 0) is 43.0 Å². The van der Waals surface area contributed by atoms with Crippen LogP contribution in [0.15, 0.2) is 29.6 Å². The van der Waals surface area contributed by atoms with Gasteiger partial charge in [0.1, 0.15) is 16.5 Å². The molecule has 3 rings (SSSR count). The van der Waals surface area contributed by atoms with Gasteiger partial charge in [0.2, 0.25) is 5.91 Å². The summed E-state index contributed by atoms with van der Waals surface area (Å²) in [5.41, 5.74) is 2.89. The molecule has 1 amide bonds. The highest BCUT2D eigenvalue weighted by Crippen LogP contribution is 2.31. The normalized spacial score (nSPS) is 10.8. The number of benzene rings is 1. The van der Waals surface area contributed by atoms with Gasteiger partial charge in [-0.3, -0.25) is 4.79 Å². The van der Waals surface area contributed by atoms with E-state index in [2.05, 4.69) is 27.6 Å². The molecule has 6 heteroatoms. The van der Waals surface area contributed by atoms with Gasteiger partial charge in [-0.2, -0.15) is 0 Å². The summed E-state index contributed by atoms with van der Waals surface area (Å²) in [5.74, 6) is 1.53. The average Bonchev–Trinajstić information content (AvgIpc) is 2.87. The Morgan fingerprint density at radius 1 is 1.26 bits per heavy atom. The molecule has 0 spiro atoms. The maximum absolute atomic E-state index is 11.5. The second kappa shape index (κ2) is 5.96. The van der Waals surface area contributed by atoms with E-state index in [1.165, 1.54) is 0 Å². The summed E-state index contributed by atoms with van der Waals surface area (Å²) in [7, 11) is 1.76. The zero-order valence-electron chi connectivity index (χ0n) is 13.5. The Kier molecular flexibility index (Phi) is 4.00. The van der Waals surface area contributed by atoms with Gasteiger partial charge in [-0.15, -0.1) is 11.3 Å². The van der Waals surface area contributed by atoms with Gasteiger partial charge in [0.15, 0.2) is 0 Å². The second-order valence-electron chi connectivity index (χ2n) is 5.47. The van der Waals surface area contributed by atoms with E-state index in [4.69, 9.17) is 0 Å². The number of nitrogens with zero attached hydrogens (tertiary/aromatic N) is 3. The molecular formula is C17H18N4OS. The van der Waals surface area contributed by atoms with Crippen molar-refractivity contribution in [2.45, 2.75) is 20.8 Å². The van der Waals surface area contributed by atoms with Crippen molar-refractivity contribution >= 4 is 44.7 Å². The summed E-state index contributed by atoms with van der Waals surface area (Å²) in [6.45, 7) is 5.49. The van der Waals surface area contributed by atoms with Crippen molar-refractivity contribution in [1.29, 1.82) is 0 Å². The first-order valence-corrected chi connectivity index (χ1v) is 8.17. The number of carbonyl (C=O) groups excluding carboxylic acids is 1. The fourth-order valence-electron chi connectivity index (χ4n) is 2.39. The van der Waals surface area contributed by atoms with Crippen molar-refractivity contribution in [1.82, 2.24) is 9.97 Å². The van der Waals surface area contributed by atoms with Gasteiger partial charge in [0.05, 0.1) is 5.39 Å². The molecule has 0 saturated heterocycles. The van der Waals surface area contributed by atoms with E-state index >= 15 is 0 Å². The van der Waals surface area contributed by atoms with E-state index in [1.54, 1.807) is 30.2 Å². The lowest BCUT2D eigenvalue weighted by Crippen LogP contribution is -2.22. The van der Waals surface area contributed by atoms with E-state index < -0.39 is 0 Å². The van der Waals surface area contributed by atoms with Crippen LogP contribution in [0.4, 0.5) is 17.2 Å². The number of hydrogen-bond acceptors (Lipinski definition) is 5.